The second-order valence-corrected chi connectivity index (χ2v) is 6.29. The van der Waals surface area contributed by atoms with Crippen LogP contribution in [0.5, 0.6) is 5.88 Å². The number of hydrogen-bond donors (Lipinski definition) is 1. The summed E-state index contributed by atoms with van der Waals surface area (Å²) in [6.07, 6.45) is 0.857. The first-order valence-electron chi connectivity index (χ1n) is 7.20. The first kappa shape index (κ1) is 15.9. The molecular weight excluding hydrogens is 284 g/mol. The Morgan fingerprint density at radius 2 is 2.14 bits per heavy atom. The molecule has 2 aromatic heterocycles. The standard InChI is InChI=1S/C15H22N4OS/c1-11(2)8-16-9-13-4-5-15(19-18-13)20-7-6-14-12(3)17-10-21-14/h4-5,10-11,16H,6-9H2,1-3H3. The molecule has 0 amide bonds. The van der Waals surface area contributed by atoms with E-state index in [2.05, 4.69) is 34.3 Å². The number of thiazole rings is 1. The summed E-state index contributed by atoms with van der Waals surface area (Å²) in [6.45, 7) is 8.70. The predicted octanol–water partition coefficient (Wildman–Crippen LogP) is 2.61. The molecule has 0 aromatic carbocycles. The van der Waals surface area contributed by atoms with Crippen LogP contribution in [0.2, 0.25) is 0 Å². The Bertz CT molecular complexity index is 539. The van der Waals surface area contributed by atoms with Gasteiger partial charge in [-0.15, -0.1) is 16.4 Å². The summed E-state index contributed by atoms with van der Waals surface area (Å²) in [4.78, 5) is 5.48. The molecule has 0 unspecified atom stereocenters. The molecule has 1 N–H and O–H groups in total. The van der Waals surface area contributed by atoms with Crippen molar-refractivity contribution in [3.63, 3.8) is 0 Å². The zero-order valence-corrected chi connectivity index (χ0v) is 13.6. The normalized spacial score (nSPS) is 11.0. The van der Waals surface area contributed by atoms with Gasteiger partial charge in [0.05, 0.1) is 23.5 Å². The summed E-state index contributed by atoms with van der Waals surface area (Å²) in [7, 11) is 0. The quantitative estimate of drug-likeness (QED) is 0.812. The lowest BCUT2D eigenvalue weighted by atomic mass is 10.2. The zero-order chi connectivity index (χ0) is 15.1. The topological polar surface area (TPSA) is 59.9 Å². The highest BCUT2D eigenvalue weighted by molar-refractivity contribution is 7.09. The van der Waals surface area contributed by atoms with Gasteiger partial charge in [0.2, 0.25) is 5.88 Å². The van der Waals surface area contributed by atoms with E-state index in [0.717, 1.165) is 30.9 Å². The largest absolute Gasteiger partial charge is 0.476 e. The summed E-state index contributed by atoms with van der Waals surface area (Å²) in [6, 6.07) is 3.83. The molecule has 0 spiro atoms. The molecule has 2 rings (SSSR count). The van der Waals surface area contributed by atoms with Gasteiger partial charge in [-0.3, -0.25) is 0 Å². The molecule has 0 saturated heterocycles. The highest BCUT2D eigenvalue weighted by atomic mass is 32.1. The van der Waals surface area contributed by atoms with Crippen molar-refractivity contribution >= 4 is 11.3 Å². The van der Waals surface area contributed by atoms with Crippen LogP contribution in [0.15, 0.2) is 17.6 Å². The van der Waals surface area contributed by atoms with Gasteiger partial charge in [-0.2, -0.15) is 5.10 Å². The van der Waals surface area contributed by atoms with E-state index in [0.29, 0.717) is 18.4 Å². The smallest absolute Gasteiger partial charge is 0.233 e. The molecular formula is C15H22N4OS. The van der Waals surface area contributed by atoms with Crippen LogP contribution in [0.3, 0.4) is 0 Å². The van der Waals surface area contributed by atoms with Crippen LogP contribution >= 0.6 is 11.3 Å². The first-order valence-corrected chi connectivity index (χ1v) is 8.08. The fourth-order valence-corrected chi connectivity index (χ4v) is 2.58. The summed E-state index contributed by atoms with van der Waals surface area (Å²) < 4.78 is 5.62. The highest BCUT2D eigenvalue weighted by Crippen LogP contribution is 2.13. The number of hydrogen-bond acceptors (Lipinski definition) is 6. The number of ether oxygens (including phenoxy) is 1. The van der Waals surface area contributed by atoms with Gasteiger partial charge < -0.3 is 10.1 Å². The zero-order valence-electron chi connectivity index (χ0n) is 12.8. The average molecular weight is 306 g/mol. The lowest BCUT2D eigenvalue weighted by Crippen LogP contribution is -2.19. The predicted molar refractivity (Wildman–Crippen MR) is 84.6 cm³/mol. The molecule has 0 saturated carbocycles. The van der Waals surface area contributed by atoms with E-state index < -0.39 is 0 Å². The van der Waals surface area contributed by atoms with Crippen LogP contribution in [-0.4, -0.2) is 28.3 Å². The third kappa shape index (κ3) is 5.40. The van der Waals surface area contributed by atoms with Crippen molar-refractivity contribution in [2.75, 3.05) is 13.2 Å². The van der Waals surface area contributed by atoms with Crippen molar-refractivity contribution in [2.24, 2.45) is 5.92 Å². The van der Waals surface area contributed by atoms with Crippen LogP contribution in [0.1, 0.15) is 30.1 Å². The molecule has 2 heterocycles. The van der Waals surface area contributed by atoms with E-state index in [1.165, 1.54) is 4.88 Å². The van der Waals surface area contributed by atoms with E-state index in [9.17, 15) is 0 Å². The van der Waals surface area contributed by atoms with Gasteiger partial charge in [-0.1, -0.05) is 13.8 Å². The van der Waals surface area contributed by atoms with Crippen molar-refractivity contribution in [2.45, 2.75) is 33.7 Å². The molecule has 5 nitrogen and oxygen atoms in total. The maximum atomic E-state index is 5.62. The molecule has 0 fully saturated rings. The lowest BCUT2D eigenvalue weighted by Gasteiger charge is -2.07. The molecule has 2 aromatic rings. The molecule has 6 heteroatoms. The summed E-state index contributed by atoms with van der Waals surface area (Å²) in [5.41, 5.74) is 3.88. The van der Waals surface area contributed by atoms with E-state index in [1.807, 2.05) is 24.6 Å². The van der Waals surface area contributed by atoms with Crippen LogP contribution in [0, 0.1) is 12.8 Å². The number of nitrogens with zero attached hydrogens (tertiary/aromatic N) is 3. The number of aryl methyl sites for hydroxylation is 1. The van der Waals surface area contributed by atoms with Gasteiger partial charge in [0, 0.05) is 23.9 Å². The second-order valence-electron chi connectivity index (χ2n) is 5.35. The lowest BCUT2D eigenvalue weighted by molar-refractivity contribution is 0.306. The minimum atomic E-state index is 0.574. The van der Waals surface area contributed by atoms with Gasteiger partial charge in [0.1, 0.15) is 0 Å². The van der Waals surface area contributed by atoms with Gasteiger partial charge >= 0.3 is 0 Å². The van der Waals surface area contributed by atoms with E-state index in [4.69, 9.17) is 4.74 Å². The summed E-state index contributed by atoms with van der Waals surface area (Å²) >= 11 is 1.66. The number of rotatable bonds is 8. The van der Waals surface area contributed by atoms with Gasteiger partial charge in [-0.25, -0.2) is 4.98 Å². The summed E-state index contributed by atoms with van der Waals surface area (Å²) in [5.74, 6) is 1.21. The molecule has 21 heavy (non-hydrogen) atoms. The van der Waals surface area contributed by atoms with E-state index in [1.54, 1.807) is 11.3 Å². The molecule has 0 atom stereocenters. The van der Waals surface area contributed by atoms with Gasteiger partial charge in [0.15, 0.2) is 0 Å². The molecule has 0 radical (unpaired) electrons. The second kappa shape index (κ2) is 8.05. The number of nitrogens with one attached hydrogen (secondary N) is 1. The maximum Gasteiger partial charge on any atom is 0.233 e. The van der Waals surface area contributed by atoms with Crippen LogP contribution in [0.25, 0.3) is 0 Å². The maximum absolute atomic E-state index is 5.62. The summed E-state index contributed by atoms with van der Waals surface area (Å²) in [5, 5.41) is 11.6. The Labute approximate surface area is 129 Å². The Balaban J connectivity index is 1.73. The van der Waals surface area contributed by atoms with Crippen molar-refractivity contribution in [1.82, 2.24) is 20.5 Å². The fourth-order valence-electron chi connectivity index (χ4n) is 1.82. The van der Waals surface area contributed by atoms with E-state index in [-0.39, 0.29) is 0 Å². The Morgan fingerprint density at radius 3 is 2.76 bits per heavy atom. The average Bonchev–Trinajstić information content (AvgIpc) is 2.86. The molecule has 114 valence electrons. The SMILES string of the molecule is Cc1ncsc1CCOc1ccc(CNCC(C)C)nn1. The minimum Gasteiger partial charge on any atom is -0.476 e. The minimum absolute atomic E-state index is 0.574. The Morgan fingerprint density at radius 1 is 1.29 bits per heavy atom. The number of aromatic nitrogens is 3. The molecule has 0 aliphatic heterocycles. The molecule has 0 aliphatic rings. The Hall–Kier alpha value is -1.53. The Kier molecular flexibility index (Phi) is 6.07. The van der Waals surface area contributed by atoms with Crippen LogP contribution in [0.4, 0.5) is 0 Å². The molecule has 0 aliphatic carbocycles. The van der Waals surface area contributed by atoms with Crippen molar-refractivity contribution in [3.8, 4) is 5.88 Å². The van der Waals surface area contributed by atoms with Crippen LogP contribution < -0.4 is 10.1 Å². The van der Waals surface area contributed by atoms with Gasteiger partial charge in [0.25, 0.3) is 0 Å². The van der Waals surface area contributed by atoms with Gasteiger partial charge in [-0.05, 0) is 25.5 Å². The van der Waals surface area contributed by atoms with Crippen LogP contribution in [-0.2, 0) is 13.0 Å². The highest BCUT2D eigenvalue weighted by Gasteiger charge is 2.03. The first-order chi connectivity index (χ1) is 10.1. The van der Waals surface area contributed by atoms with Crippen molar-refractivity contribution in [3.05, 3.63) is 33.9 Å². The van der Waals surface area contributed by atoms with Crippen molar-refractivity contribution < 1.29 is 4.74 Å². The fraction of sp³-hybridized carbons (Fsp3) is 0.533. The third-order valence-electron chi connectivity index (χ3n) is 2.98. The third-order valence-corrected chi connectivity index (χ3v) is 3.97. The molecule has 0 bridgehead atoms. The van der Waals surface area contributed by atoms with Crippen molar-refractivity contribution in [1.29, 1.82) is 0 Å². The van der Waals surface area contributed by atoms with E-state index >= 15 is 0 Å². The monoisotopic (exact) mass is 306 g/mol.